The van der Waals surface area contributed by atoms with E-state index in [9.17, 15) is 20.2 Å². The van der Waals surface area contributed by atoms with E-state index in [0.717, 1.165) is 12.1 Å². The predicted octanol–water partition coefficient (Wildman–Crippen LogP) is 3.17. The van der Waals surface area contributed by atoms with Gasteiger partial charge in [-0.15, -0.1) is 0 Å². The molecule has 0 spiro atoms. The second kappa shape index (κ2) is 7.34. The van der Waals surface area contributed by atoms with Crippen LogP contribution in [0.25, 0.3) is 12.2 Å². The maximum Gasteiger partial charge on any atom is 0.283 e. The predicted molar refractivity (Wildman–Crippen MR) is 87.6 cm³/mol. The van der Waals surface area contributed by atoms with E-state index in [1.54, 1.807) is 24.3 Å². The molecule has 0 aliphatic heterocycles. The van der Waals surface area contributed by atoms with Crippen LogP contribution in [0.4, 0.5) is 11.4 Å². The average Bonchev–Trinajstić information content (AvgIpc) is 2.59. The third-order valence-electron chi connectivity index (χ3n) is 3.33. The van der Waals surface area contributed by atoms with Crippen LogP contribution >= 0.6 is 0 Å². The van der Waals surface area contributed by atoms with Gasteiger partial charge in [-0.25, -0.2) is 0 Å². The minimum Gasteiger partial charge on any atom is -0.497 e. The Bertz CT molecular complexity index is 764. The summed E-state index contributed by atoms with van der Waals surface area (Å²) >= 11 is 0. The Balaban J connectivity index is 2.52. The van der Waals surface area contributed by atoms with E-state index in [4.69, 9.17) is 9.84 Å². The van der Waals surface area contributed by atoms with Crippen molar-refractivity contribution in [1.29, 1.82) is 0 Å². The maximum absolute atomic E-state index is 11.2. The summed E-state index contributed by atoms with van der Waals surface area (Å²) in [5, 5.41) is 31.5. The Labute approximate surface area is 136 Å². The van der Waals surface area contributed by atoms with Gasteiger partial charge in [-0.1, -0.05) is 18.2 Å². The fraction of sp³-hybridized carbons (Fsp3) is 0.125. The monoisotopic (exact) mass is 330 g/mol. The number of nitrogens with zero attached hydrogens (tertiary/aromatic N) is 2. The van der Waals surface area contributed by atoms with E-state index >= 15 is 0 Å². The highest BCUT2D eigenvalue weighted by Gasteiger charge is 2.24. The van der Waals surface area contributed by atoms with Crippen LogP contribution in [0.2, 0.25) is 0 Å². The van der Waals surface area contributed by atoms with Gasteiger partial charge in [0, 0.05) is 12.1 Å². The number of aliphatic hydroxyl groups is 1. The van der Waals surface area contributed by atoms with Crippen LogP contribution in [0, 0.1) is 20.2 Å². The first-order valence-corrected chi connectivity index (χ1v) is 6.85. The molecule has 0 heterocycles. The molecule has 24 heavy (non-hydrogen) atoms. The average molecular weight is 330 g/mol. The van der Waals surface area contributed by atoms with E-state index in [1.807, 2.05) is 0 Å². The first kappa shape index (κ1) is 17.1. The van der Waals surface area contributed by atoms with Crippen LogP contribution in [0.15, 0.2) is 36.4 Å². The number of aliphatic hydroxyl groups excluding tert-OH is 1. The summed E-state index contributed by atoms with van der Waals surface area (Å²) in [6, 6.07) is 9.10. The van der Waals surface area contributed by atoms with Crippen molar-refractivity contribution in [3.63, 3.8) is 0 Å². The number of ether oxygens (including phenoxy) is 1. The van der Waals surface area contributed by atoms with Crippen molar-refractivity contribution in [2.24, 2.45) is 0 Å². The molecular formula is C16H14N2O6. The Morgan fingerprint density at radius 1 is 1.04 bits per heavy atom. The summed E-state index contributed by atoms with van der Waals surface area (Å²) in [5.74, 6) is 0.649. The third kappa shape index (κ3) is 3.73. The highest BCUT2D eigenvalue weighted by molar-refractivity contribution is 5.80. The second-order valence-electron chi connectivity index (χ2n) is 4.83. The summed E-state index contributed by atoms with van der Waals surface area (Å²) in [6.45, 7) is -0.524. The van der Waals surface area contributed by atoms with Crippen LogP contribution < -0.4 is 4.74 Å². The zero-order chi connectivity index (χ0) is 17.7. The van der Waals surface area contributed by atoms with Crippen molar-refractivity contribution in [2.45, 2.75) is 6.61 Å². The molecule has 0 bridgehead atoms. The summed E-state index contributed by atoms with van der Waals surface area (Å²) < 4.78 is 5.03. The number of benzene rings is 2. The first-order chi connectivity index (χ1) is 11.5. The molecule has 8 heteroatoms. The smallest absolute Gasteiger partial charge is 0.283 e. The lowest BCUT2D eigenvalue weighted by atomic mass is 10.0. The number of rotatable bonds is 6. The molecule has 2 rings (SSSR count). The molecule has 0 saturated heterocycles. The fourth-order valence-electron chi connectivity index (χ4n) is 2.14. The van der Waals surface area contributed by atoms with Gasteiger partial charge in [0.15, 0.2) is 0 Å². The van der Waals surface area contributed by atoms with Gasteiger partial charge in [-0.3, -0.25) is 20.2 Å². The van der Waals surface area contributed by atoms with Crippen LogP contribution in [0.3, 0.4) is 0 Å². The fourth-order valence-corrected chi connectivity index (χ4v) is 2.14. The van der Waals surface area contributed by atoms with Crippen LogP contribution in [-0.2, 0) is 6.61 Å². The van der Waals surface area contributed by atoms with E-state index in [-0.39, 0.29) is 11.1 Å². The maximum atomic E-state index is 11.2. The Kier molecular flexibility index (Phi) is 5.23. The number of methoxy groups -OCH3 is 1. The molecule has 0 radical (unpaired) electrons. The SMILES string of the molecule is COc1ccc(C=Cc2c([N+](=O)[O-])cc(CO)cc2[N+](=O)[O-])cc1. The normalized spacial score (nSPS) is 10.8. The molecule has 0 aliphatic carbocycles. The minimum absolute atomic E-state index is 0.106. The van der Waals surface area contributed by atoms with Gasteiger partial charge in [0.1, 0.15) is 11.3 Å². The third-order valence-corrected chi connectivity index (χ3v) is 3.33. The molecule has 1 N–H and O–H groups in total. The molecule has 0 saturated carbocycles. The zero-order valence-corrected chi connectivity index (χ0v) is 12.7. The molecule has 0 amide bonds. The quantitative estimate of drug-likeness (QED) is 0.494. The highest BCUT2D eigenvalue weighted by Crippen LogP contribution is 2.32. The second-order valence-corrected chi connectivity index (χ2v) is 4.83. The van der Waals surface area contributed by atoms with Gasteiger partial charge in [0.2, 0.25) is 0 Å². The van der Waals surface area contributed by atoms with Crippen LogP contribution in [-0.4, -0.2) is 22.1 Å². The molecule has 0 unspecified atom stereocenters. The van der Waals surface area contributed by atoms with Crippen molar-refractivity contribution < 1.29 is 19.7 Å². The summed E-state index contributed by atoms with van der Waals surface area (Å²) in [7, 11) is 1.53. The number of hydrogen-bond donors (Lipinski definition) is 1. The molecule has 0 aromatic heterocycles. The molecule has 8 nitrogen and oxygen atoms in total. The Morgan fingerprint density at radius 3 is 2.00 bits per heavy atom. The van der Waals surface area contributed by atoms with Gasteiger partial charge in [0.05, 0.1) is 23.6 Å². The van der Waals surface area contributed by atoms with Gasteiger partial charge >= 0.3 is 0 Å². The van der Waals surface area contributed by atoms with Gasteiger partial charge in [-0.2, -0.15) is 0 Å². The number of hydrogen-bond acceptors (Lipinski definition) is 6. The zero-order valence-electron chi connectivity index (χ0n) is 12.7. The minimum atomic E-state index is -0.708. The van der Waals surface area contributed by atoms with Crippen molar-refractivity contribution in [2.75, 3.05) is 7.11 Å². The molecule has 0 atom stereocenters. The largest absolute Gasteiger partial charge is 0.497 e. The van der Waals surface area contributed by atoms with E-state index in [1.165, 1.54) is 19.3 Å². The van der Waals surface area contributed by atoms with Crippen LogP contribution in [0.1, 0.15) is 16.7 Å². The number of nitro groups is 2. The van der Waals surface area contributed by atoms with Gasteiger partial charge < -0.3 is 9.84 Å². The lowest BCUT2D eigenvalue weighted by molar-refractivity contribution is -0.394. The number of nitro benzene ring substituents is 2. The van der Waals surface area contributed by atoms with Crippen molar-refractivity contribution in [3.05, 3.63) is 73.3 Å². The Hall–Kier alpha value is -3.26. The van der Waals surface area contributed by atoms with Gasteiger partial charge in [-0.05, 0) is 29.3 Å². The molecule has 124 valence electrons. The van der Waals surface area contributed by atoms with E-state index in [2.05, 4.69) is 0 Å². The lowest BCUT2D eigenvalue weighted by Crippen LogP contribution is -2.00. The summed E-state index contributed by atoms with van der Waals surface area (Å²) in [5.41, 5.74) is -0.185. The summed E-state index contributed by atoms with van der Waals surface area (Å²) in [4.78, 5) is 21.0. The molecule has 0 aliphatic rings. The van der Waals surface area contributed by atoms with Gasteiger partial charge in [0.25, 0.3) is 11.4 Å². The molecule has 2 aromatic rings. The first-order valence-electron chi connectivity index (χ1n) is 6.85. The van der Waals surface area contributed by atoms with Crippen LogP contribution in [0.5, 0.6) is 5.75 Å². The molecule has 0 fully saturated rings. The highest BCUT2D eigenvalue weighted by atomic mass is 16.6. The lowest BCUT2D eigenvalue weighted by Gasteiger charge is -2.03. The van der Waals surface area contributed by atoms with Crippen molar-refractivity contribution in [1.82, 2.24) is 0 Å². The summed E-state index contributed by atoms with van der Waals surface area (Å²) in [6.07, 6.45) is 2.85. The van der Waals surface area contributed by atoms with Crippen molar-refractivity contribution >= 4 is 23.5 Å². The van der Waals surface area contributed by atoms with Crippen molar-refractivity contribution in [3.8, 4) is 5.75 Å². The molecular weight excluding hydrogens is 316 g/mol. The Morgan fingerprint density at radius 2 is 1.58 bits per heavy atom. The van der Waals surface area contributed by atoms with E-state index in [0.29, 0.717) is 11.3 Å². The molecule has 2 aromatic carbocycles. The standard InChI is InChI=1S/C16H14N2O6/c1-24-13-5-2-11(3-6-13)4-7-14-15(17(20)21)8-12(10-19)9-16(14)18(22)23/h2-9,19H,10H2,1H3. The topological polar surface area (TPSA) is 116 Å². The van der Waals surface area contributed by atoms with E-state index < -0.39 is 27.8 Å².